The normalized spacial score (nSPS) is 13.9. The van der Waals surface area contributed by atoms with Gasteiger partial charge in [-0.15, -0.1) is 0 Å². The average Bonchev–Trinajstić information content (AvgIpc) is 3.34. The van der Waals surface area contributed by atoms with E-state index in [4.69, 9.17) is 10.5 Å². The van der Waals surface area contributed by atoms with Gasteiger partial charge in [0, 0.05) is 16.8 Å². The number of esters is 1. The molecule has 1 amide bonds. The van der Waals surface area contributed by atoms with Gasteiger partial charge in [0.15, 0.2) is 0 Å². The molecule has 0 aliphatic carbocycles. The van der Waals surface area contributed by atoms with E-state index in [0.29, 0.717) is 45.0 Å². The molecule has 0 bridgehead atoms. The van der Waals surface area contributed by atoms with Crippen LogP contribution >= 0.6 is 0 Å². The van der Waals surface area contributed by atoms with Crippen molar-refractivity contribution in [2.75, 3.05) is 28.1 Å². The van der Waals surface area contributed by atoms with Gasteiger partial charge in [0.05, 0.1) is 47.1 Å². The number of fused-ring (bicyclic) bond motifs is 1. The van der Waals surface area contributed by atoms with E-state index in [-0.39, 0.29) is 24.8 Å². The molecule has 0 saturated heterocycles. The Balaban J connectivity index is 1.51. The van der Waals surface area contributed by atoms with Crippen LogP contribution in [0.25, 0.3) is 11.3 Å². The second-order valence-electron chi connectivity index (χ2n) is 11.5. The number of sulfonamides is 1. The minimum Gasteiger partial charge on any atom is -0.462 e. The SMILES string of the molecule is CCOC(=O)c1ccc2c(c1)NC(=O)C2=C(Nc1ccc(N(CC(C)(C)N)S(=O)(=O)Cc2ccccc2)cc1)c1ccccc1. The number of hydrogen-bond donors (Lipinski definition) is 3. The minimum absolute atomic E-state index is 0.0823. The molecule has 1 heterocycles. The highest BCUT2D eigenvalue weighted by molar-refractivity contribution is 7.92. The zero-order valence-electron chi connectivity index (χ0n) is 25.4. The molecule has 1 aliphatic rings. The highest BCUT2D eigenvalue weighted by atomic mass is 32.2. The minimum atomic E-state index is -3.77. The average molecular weight is 625 g/mol. The fourth-order valence-electron chi connectivity index (χ4n) is 5.08. The third kappa shape index (κ3) is 7.42. The first kappa shape index (κ1) is 31.5. The first-order valence-electron chi connectivity index (χ1n) is 14.6. The van der Waals surface area contributed by atoms with Crippen LogP contribution in [-0.4, -0.2) is 39.0 Å². The summed E-state index contributed by atoms with van der Waals surface area (Å²) in [6, 6.07) is 30.4. The molecule has 1 aliphatic heterocycles. The predicted octanol–water partition coefficient (Wildman–Crippen LogP) is 5.87. The number of benzene rings is 4. The second-order valence-corrected chi connectivity index (χ2v) is 13.4. The number of ether oxygens (including phenoxy) is 1. The van der Waals surface area contributed by atoms with Crippen LogP contribution in [0.2, 0.25) is 0 Å². The van der Waals surface area contributed by atoms with Gasteiger partial charge in [0.1, 0.15) is 0 Å². The molecule has 5 rings (SSSR count). The summed E-state index contributed by atoms with van der Waals surface area (Å²) in [6.07, 6.45) is 0. The Morgan fingerprint density at radius 3 is 2.18 bits per heavy atom. The van der Waals surface area contributed by atoms with E-state index >= 15 is 0 Å². The van der Waals surface area contributed by atoms with Crippen LogP contribution in [0.15, 0.2) is 103 Å². The number of carbonyl (C=O) groups is 2. The Bertz CT molecular complexity index is 1830. The molecule has 0 fully saturated rings. The number of nitrogens with two attached hydrogens (primary N) is 1. The lowest BCUT2D eigenvalue weighted by molar-refractivity contribution is -0.110. The second kappa shape index (κ2) is 13.0. The fraction of sp³-hybridized carbons (Fsp3) is 0.200. The first-order chi connectivity index (χ1) is 21.4. The molecule has 45 heavy (non-hydrogen) atoms. The van der Waals surface area contributed by atoms with E-state index in [1.165, 1.54) is 4.31 Å². The molecule has 0 aromatic heterocycles. The van der Waals surface area contributed by atoms with Crippen molar-refractivity contribution < 1.29 is 22.7 Å². The molecule has 0 atom stereocenters. The van der Waals surface area contributed by atoms with Gasteiger partial charge in [-0.3, -0.25) is 9.10 Å². The topological polar surface area (TPSA) is 131 Å². The summed E-state index contributed by atoms with van der Waals surface area (Å²) in [5.74, 6) is -0.954. The van der Waals surface area contributed by atoms with Gasteiger partial charge in [-0.1, -0.05) is 66.7 Å². The summed E-state index contributed by atoms with van der Waals surface area (Å²) in [4.78, 5) is 25.7. The van der Waals surface area contributed by atoms with Gasteiger partial charge in [-0.25, -0.2) is 13.2 Å². The summed E-state index contributed by atoms with van der Waals surface area (Å²) in [5.41, 5.74) is 10.5. The largest absolute Gasteiger partial charge is 0.462 e. The molecule has 10 heteroatoms. The van der Waals surface area contributed by atoms with E-state index in [1.807, 2.05) is 48.5 Å². The van der Waals surface area contributed by atoms with Gasteiger partial charge in [0.2, 0.25) is 10.0 Å². The van der Waals surface area contributed by atoms with Gasteiger partial charge >= 0.3 is 5.97 Å². The van der Waals surface area contributed by atoms with Crippen molar-refractivity contribution in [3.63, 3.8) is 0 Å². The Labute approximate surface area is 263 Å². The van der Waals surface area contributed by atoms with Crippen LogP contribution in [-0.2, 0) is 25.3 Å². The standard InChI is InChI=1S/C35H36N4O5S/c1-4-44-34(41)26-15-20-29-30(21-26)38-33(40)31(29)32(25-13-9-6-10-14-25)37-27-16-18-28(19-17-27)39(23-35(2,3)36)45(42,43)22-24-11-7-5-8-12-24/h5-21,37H,4,22-23,36H2,1-3H3,(H,38,40). The van der Waals surface area contributed by atoms with E-state index in [0.717, 1.165) is 5.56 Å². The van der Waals surface area contributed by atoms with Crippen LogP contribution < -0.4 is 20.7 Å². The zero-order chi connectivity index (χ0) is 32.2. The Kier molecular flexibility index (Phi) is 9.08. The maximum atomic E-state index is 13.6. The molecule has 9 nitrogen and oxygen atoms in total. The van der Waals surface area contributed by atoms with Gasteiger partial charge in [-0.05, 0) is 68.3 Å². The fourth-order valence-corrected chi connectivity index (χ4v) is 6.83. The molecule has 0 spiro atoms. The van der Waals surface area contributed by atoms with Crippen molar-refractivity contribution in [1.29, 1.82) is 0 Å². The van der Waals surface area contributed by atoms with Crippen LogP contribution in [0, 0.1) is 0 Å². The highest BCUT2D eigenvalue weighted by Gasteiger charge is 2.30. The van der Waals surface area contributed by atoms with Crippen molar-refractivity contribution >= 4 is 50.2 Å². The van der Waals surface area contributed by atoms with Crippen LogP contribution in [0.3, 0.4) is 0 Å². The molecule has 4 N–H and O–H groups in total. The quantitative estimate of drug-likeness (QED) is 0.141. The summed E-state index contributed by atoms with van der Waals surface area (Å²) in [7, 11) is -3.77. The third-order valence-corrected chi connectivity index (χ3v) is 8.80. The predicted molar refractivity (Wildman–Crippen MR) is 179 cm³/mol. The van der Waals surface area contributed by atoms with E-state index in [2.05, 4.69) is 10.6 Å². The van der Waals surface area contributed by atoms with E-state index in [1.54, 1.807) is 75.4 Å². The lowest BCUT2D eigenvalue weighted by Crippen LogP contribution is -2.48. The van der Waals surface area contributed by atoms with Gasteiger partial charge in [0.25, 0.3) is 5.91 Å². The number of rotatable bonds is 11. The Morgan fingerprint density at radius 1 is 0.911 bits per heavy atom. The summed E-state index contributed by atoms with van der Waals surface area (Å²) >= 11 is 0. The Hall–Kier alpha value is -4.93. The summed E-state index contributed by atoms with van der Waals surface area (Å²) < 4.78 is 33.7. The summed E-state index contributed by atoms with van der Waals surface area (Å²) in [5, 5.41) is 6.27. The number of amides is 1. The van der Waals surface area contributed by atoms with Crippen molar-refractivity contribution in [3.8, 4) is 0 Å². The number of nitrogens with zero attached hydrogens (tertiary/aromatic N) is 1. The number of hydrogen-bond acceptors (Lipinski definition) is 7. The van der Waals surface area contributed by atoms with Gasteiger partial charge < -0.3 is 21.1 Å². The number of nitrogens with one attached hydrogen (secondary N) is 2. The lowest BCUT2D eigenvalue weighted by Gasteiger charge is -2.31. The molecule has 232 valence electrons. The number of carbonyl (C=O) groups excluding carboxylic acids is 2. The van der Waals surface area contributed by atoms with Crippen molar-refractivity contribution in [2.24, 2.45) is 5.73 Å². The maximum Gasteiger partial charge on any atom is 0.338 e. The maximum absolute atomic E-state index is 13.6. The molecule has 4 aromatic rings. The lowest BCUT2D eigenvalue weighted by atomic mass is 9.99. The van der Waals surface area contributed by atoms with Crippen molar-refractivity contribution in [2.45, 2.75) is 32.1 Å². The monoisotopic (exact) mass is 624 g/mol. The zero-order valence-corrected chi connectivity index (χ0v) is 26.2. The van der Waals surface area contributed by atoms with Gasteiger partial charge in [-0.2, -0.15) is 0 Å². The first-order valence-corrected chi connectivity index (χ1v) is 16.2. The number of anilines is 3. The molecule has 0 saturated carbocycles. The van der Waals surface area contributed by atoms with E-state index < -0.39 is 21.5 Å². The van der Waals surface area contributed by atoms with Crippen LogP contribution in [0.5, 0.6) is 0 Å². The van der Waals surface area contributed by atoms with Crippen LogP contribution in [0.4, 0.5) is 17.1 Å². The Morgan fingerprint density at radius 2 is 1.56 bits per heavy atom. The smallest absolute Gasteiger partial charge is 0.338 e. The van der Waals surface area contributed by atoms with E-state index in [9.17, 15) is 18.0 Å². The molecule has 0 radical (unpaired) electrons. The summed E-state index contributed by atoms with van der Waals surface area (Å²) in [6.45, 7) is 5.63. The highest BCUT2D eigenvalue weighted by Crippen LogP contribution is 2.38. The third-order valence-electron chi connectivity index (χ3n) is 7.09. The molecule has 0 unspecified atom stereocenters. The van der Waals surface area contributed by atoms with Crippen LogP contribution in [0.1, 0.15) is 47.8 Å². The van der Waals surface area contributed by atoms with Crippen molar-refractivity contribution in [3.05, 3.63) is 125 Å². The van der Waals surface area contributed by atoms with Crippen molar-refractivity contribution in [1.82, 2.24) is 0 Å². The molecular weight excluding hydrogens is 588 g/mol. The molecular formula is C35H36N4O5S. The molecule has 4 aromatic carbocycles.